The lowest BCUT2D eigenvalue weighted by Gasteiger charge is -2.13. The molecule has 0 aliphatic heterocycles. The SMILES string of the molecule is c1ccc(-c2cc(-n3c4ccccc4c4c5ccccc5ccc43)c3c(c2)oc2cc(-c4nc(-c5ccccc5)nc(-c5ccccc5)n4)ccc23)cc1. The zero-order valence-corrected chi connectivity index (χ0v) is 29.0. The summed E-state index contributed by atoms with van der Waals surface area (Å²) in [5, 5.41) is 7.00. The van der Waals surface area contributed by atoms with Gasteiger partial charge in [-0.25, -0.2) is 15.0 Å². The molecule has 8 aromatic carbocycles. The van der Waals surface area contributed by atoms with Gasteiger partial charge in [-0.1, -0.05) is 146 Å². The lowest BCUT2D eigenvalue weighted by atomic mass is 10.0. The molecule has 0 spiro atoms. The summed E-state index contributed by atoms with van der Waals surface area (Å²) in [6, 6.07) is 63.3. The Hall–Kier alpha value is -7.37. The highest BCUT2D eigenvalue weighted by molar-refractivity contribution is 6.22. The van der Waals surface area contributed by atoms with Crippen LogP contribution >= 0.6 is 0 Å². The molecule has 0 N–H and O–H groups in total. The summed E-state index contributed by atoms with van der Waals surface area (Å²) >= 11 is 0. The van der Waals surface area contributed by atoms with Gasteiger partial charge in [0, 0.05) is 32.8 Å². The smallest absolute Gasteiger partial charge is 0.164 e. The number of hydrogen-bond acceptors (Lipinski definition) is 4. The number of aromatic nitrogens is 4. The van der Waals surface area contributed by atoms with Gasteiger partial charge < -0.3 is 8.98 Å². The third-order valence-corrected chi connectivity index (χ3v) is 10.4. The fourth-order valence-electron chi connectivity index (χ4n) is 7.93. The van der Waals surface area contributed by atoms with Gasteiger partial charge >= 0.3 is 0 Å². The molecule has 0 aliphatic carbocycles. The monoisotopic (exact) mass is 690 g/mol. The molecule has 0 unspecified atom stereocenters. The summed E-state index contributed by atoms with van der Waals surface area (Å²) in [5.74, 6) is 1.83. The number of hydrogen-bond donors (Lipinski definition) is 0. The average Bonchev–Trinajstić information content (AvgIpc) is 3.80. The Kier molecular flexibility index (Phi) is 6.79. The first kappa shape index (κ1) is 30.3. The quantitative estimate of drug-likeness (QED) is 0.180. The molecule has 5 heteroatoms. The van der Waals surface area contributed by atoms with Crippen LogP contribution in [0.5, 0.6) is 0 Å². The summed E-state index contributed by atoms with van der Waals surface area (Å²) in [5.41, 5.74) is 9.87. The van der Waals surface area contributed by atoms with Crippen molar-refractivity contribution in [1.29, 1.82) is 0 Å². The number of para-hydroxylation sites is 1. The molecule has 0 saturated carbocycles. The highest BCUT2D eigenvalue weighted by Crippen LogP contribution is 2.43. The molecule has 5 nitrogen and oxygen atoms in total. The molecule has 11 aromatic rings. The minimum atomic E-state index is 0.588. The largest absolute Gasteiger partial charge is 0.456 e. The first-order chi connectivity index (χ1) is 26.8. The Morgan fingerprint density at radius 3 is 1.63 bits per heavy atom. The second-order valence-corrected chi connectivity index (χ2v) is 13.6. The first-order valence-corrected chi connectivity index (χ1v) is 18.1. The van der Waals surface area contributed by atoms with Crippen LogP contribution in [0.25, 0.3) is 105 Å². The number of nitrogens with zero attached hydrogens (tertiary/aromatic N) is 4. The van der Waals surface area contributed by atoms with Gasteiger partial charge in [-0.05, 0) is 58.3 Å². The lowest BCUT2D eigenvalue weighted by molar-refractivity contribution is 0.669. The Bertz CT molecular complexity index is 3140. The van der Waals surface area contributed by atoms with Crippen molar-refractivity contribution >= 4 is 54.5 Å². The Morgan fingerprint density at radius 2 is 0.926 bits per heavy atom. The van der Waals surface area contributed by atoms with Crippen molar-refractivity contribution in [3.05, 3.63) is 182 Å². The van der Waals surface area contributed by atoms with E-state index in [0.717, 1.165) is 66.5 Å². The zero-order chi connectivity index (χ0) is 35.6. The van der Waals surface area contributed by atoms with Gasteiger partial charge in [-0.3, -0.25) is 0 Å². The van der Waals surface area contributed by atoms with Crippen LogP contribution in [0.1, 0.15) is 0 Å². The number of furan rings is 1. The summed E-state index contributed by atoms with van der Waals surface area (Å²) in [7, 11) is 0. The van der Waals surface area contributed by atoms with E-state index in [4.69, 9.17) is 19.4 Å². The second kappa shape index (κ2) is 12.1. The fraction of sp³-hybridized carbons (Fsp3) is 0. The molecule has 0 saturated heterocycles. The average molecular weight is 691 g/mol. The van der Waals surface area contributed by atoms with Crippen molar-refractivity contribution in [1.82, 2.24) is 19.5 Å². The van der Waals surface area contributed by atoms with E-state index in [1.165, 1.54) is 21.5 Å². The van der Waals surface area contributed by atoms with Crippen LogP contribution in [0.2, 0.25) is 0 Å². The third-order valence-electron chi connectivity index (χ3n) is 10.4. The van der Waals surface area contributed by atoms with Crippen LogP contribution in [0.15, 0.2) is 186 Å². The van der Waals surface area contributed by atoms with Crippen LogP contribution in [0.3, 0.4) is 0 Å². The molecular formula is C49H30N4O. The Balaban J connectivity index is 1.18. The van der Waals surface area contributed by atoms with Crippen LogP contribution in [-0.2, 0) is 0 Å². The molecule has 0 atom stereocenters. The topological polar surface area (TPSA) is 56.7 Å². The van der Waals surface area contributed by atoms with E-state index >= 15 is 0 Å². The number of fused-ring (bicyclic) bond motifs is 8. The van der Waals surface area contributed by atoms with Crippen molar-refractivity contribution in [3.8, 4) is 51.0 Å². The molecule has 11 rings (SSSR count). The van der Waals surface area contributed by atoms with E-state index in [0.29, 0.717) is 17.5 Å². The van der Waals surface area contributed by atoms with Crippen LogP contribution in [0.4, 0.5) is 0 Å². The highest BCUT2D eigenvalue weighted by Gasteiger charge is 2.21. The summed E-state index contributed by atoms with van der Waals surface area (Å²) in [6.07, 6.45) is 0. The van der Waals surface area contributed by atoms with Crippen molar-refractivity contribution < 1.29 is 4.42 Å². The Morgan fingerprint density at radius 1 is 0.352 bits per heavy atom. The maximum Gasteiger partial charge on any atom is 0.164 e. The van der Waals surface area contributed by atoms with Gasteiger partial charge in [0.2, 0.25) is 0 Å². The summed E-state index contributed by atoms with van der Waals surface area (Å²) < 4.78 is 9.27. The van der Waals surface area contributed by atoms with Crippen molar-refractivity contribution in [2.45, 2.75) is 0 Å². The van der Waals surface area contributed by atoms with Crippen LogP contribution < -0.4 is 0 Å². The number of rotatable bonds is 5. The van der Waals surface area contributed by atoms with E-state index in [-0.39, 0.29) is 0 Å². The van der Waals surface area contributed by atoms with Crippen LogP contribution in [-0.4, -0.2) is 19.5 Å². The van der Waals surface area contributed by atoms with Gasteiger partial charge in [0.1, 0.15) is 11.2 Å². The molecular weight excluding hydrogens is 661 g/mol. The number of benzene rings is 8. The van der Waals surface area contributed by atoms with Gasteiger partial charge in [0.05, 0.1) is 22.1 Å². The zero-order valence-electron chi connectivity index (χ0n) is 29.0. The van der Waals surface area contributed by atoms with Gasteiger partial charge in [0.15, 0.2) is 17.5 Å². The molecule has 252 valence electrons. The van der Waals surface area contributed by atoms with E-state index in [2.05, 4.69) is 126 Å². The molecule has 0 fully saturated rings. The van der Waals surface area contributed by atoms with Gasteiger partial charge in [-0.15, -0.1) is 0 Å². The molecule has 3 aromatic heterocycles. The van der Waals surface area contributed by atoms with Gasteiger partial charge in [-0.2, -0.15) is 0 Å². The molecule has 3 heterocycles. The summed E-state index contributed by atoms with van der Waals surface area (Å²) in [6.45, 7) is 0. The molecule has 54 heavy (non-hydrogen) atoms. The van der Waals surface area contributed by atoms with Gasteiger partial charge in [0.25, 0.3) is 0 Å². The third kappa shape index (κ3) is 4.83. The highest BCUT2D eigenvalue weighted by atomic mass is 16.3. The Labute approximate surface area is 310 Å². The molecule has 0 bridgehead atoms. The van der Waals surface area contributed by atoms with E-state index in [1.807, 2.05) is 60.7 Å². The first-order valence-electron chi connectivity index (χ1n) is 18.1. The maximum atomic E-state index is 6.86. The molecule has 0 amide bonds. The van der Waals surface area contributed by atoms with Crippen molar-refractivity contribution in [2.24, 2.45) is 0 Å². The van der Waals surface area contributed by atoms with E-state index < -0.39 is 0 Å². The minimum absolute atomic E-state index is 0.588. The van der Waals surface area contributed by atoms with Crippen LogP contribution in [0, 0.1) is 0 Å². The van der Waals surface area contributed by atoms with E-state index in [9.17, 15) is 0 Å². The standard InChI is InChI=1S/C49H30N4O/c1-4-14-31(15-5-1)36-28-42(53-40-23-13-12-22-38(40)45-37-21-11-10-16-32(37)25-27-41(45)53)46-39-26-24-35(29-43(39)54-44(46)30-36)49-51-47(33-17-6-2-7-18-33)50-48(52-49)34-19-8-3-9-20-34/h1-30H. The van der Waals surface area contributed by atoms with E-state index in [1.54, 1.807) is 0 Å². The molecule has 0 aliphatic rings. The molecule has 0 radical (unpaired) electrons. The van der Waals surface area contributed by atoms with Crippen molar-refractivity contribution in [3.63, 3.8) is 0 Å². The normalized spacial score (nSPS) is 11.7. The van der Waals surface area contributed by atoms with Crippen molar-refractivity contribution in [2.75, 3.05) is 0 Å². The maximum absolute atomic E-state index is 6.86. The predicted octanol–water partition coefficient (Wildman–Crippen LogP) is 12.7. The minimum Gasteiger partial charge on any atom is -0.456 e. The fourth-order valence-corrected chi connectivity index (χ4v) is 7.93. The second-order valence-electron chi connectivity index (χ2n) is 13.6. The lowest BCUT2D eigenvalue weighted by Crippen LogP contribution is -2.00. The summed E-state index contributed by atoms with van der Waals surface area (Å²) in [4.78, 5) is 14.9. The predicted molar refractivity (Wildman–Crippen MR) is 221 cm³/mol.